The number of fused-ring (bicyclic) bond motifs is 2. The molecule has 9 heteroatoms. The number of carbonyl (C=O) groups is 2. The summed E-state index contributed by atoms with van der Waals surface area (Å²) < 4.78 is 32.4. The molecule has 3 aliphatic rings. The summed E-state index contributed by atoms with van der Waals surface area (Å²) in [5, 5.41) is 0. The van der Waals surface area contributed by atoms with Gasteiger partial charge in [0.25, 0.3) is 17.7 Å². The smallest absolute Gasteiger partial charge is 0.277 e. The molecule has 0 radical (unpaired) electrons. The molecule has 138 valence electrons. The lowest BCUT2D eigenvalue weighted by Gasteiger charge is -2.18. The Labute approximate surface area is 152 Å². The van der Waals surface area contributed by atoms with Gasteiger partial charge in [0.15, 0.2) is 18.3 Å². The number of ether oxygens (including phenoxy) is 1. The number of halogens is 2. The second kappa shape index (κ2) is 5.38. The highest BCUT2D eigenvalue weighted by atomic mass is 19.3. The zero-order valence-corrected chi connectivity index (χ0v) is 14.0. The van der Waals surface area contributed by atoms with E-state index in [-0.39, 0.29) is 31.3 Å². The van der Waals surface area contributed by atoms with Crippen LogP contribution in [-0.4, -0.2) is 53.7 Å². The van der Waals surface area contributed by atoms with Crippen LogP contribution in [0.15, 0.2) is 29.3 Å². The number of carbonyl (C=O) groups excluding carboxylic acids is 2. The van der Waals surface area contributed by atoms with Gasteiger partial charge in [0, 0.05) is 36.5 Å². The van der Waals surface area contributed by atoms with Crippen LogP contribution in [-0.2, 0) is 0 Å². The van der Waals surface area contributed by atoms with Gasteiger partial charge in [0.05, 0.1) is 12.1 Å². The van der Waals surface area contributed by atoms with Crippen LogP contribution in [0.25, 0.3) is 0 Å². The Morgan fingerprint density at radius 2 is 2.15 bits per heavy atom. The number of aliphatic imine (C=N–C) groups is 1. The zero-order valence-electron chi connectivity index (χ0n) is 14.0. The average molecular weight is 372 g/mol. The summed E-state index contributed by atoms with van der Waals surface area (Å²) in [7, 11) is 0. The molecule has 0 atom stereocenters. The second-order valence-corrected chi connectivity index (χ2v) is 6.76. The minimum Gasteiger partial charge on any atom is -0.469 e. The summed E-state index contributed by atoms with van der Waals surface area (Å²) in [6.07, 6.45) is 1.19. The van der Waals surface area contributed by atoms with Crippen molar-refractivity contribution in [2.45, 2.75) is 12.3 Å². The number of aromatic amines is 1. The summed E-state index contributed by atoms with van der Waals surface area (Å²) in [4.78, 5) is 33.8. The Bertz CT molecular complexity index is 1010. The maximum atomic E-state index is 13.4. The Hall–Kier alpha value is -3.23. The SMILES string of the molecule is O=C1N=Cc2cc(N3COc4cc(C(=O)N5CCC(F)(F)C5)[nH]c43)ccc21. The molecule has 1 aromatic carbocycles. The maximum Gasteiger partial charge on any atom is 0.277 e. The van der Waals surface area contributed by atoms with Gasteiger partial charge in [-0.15, -0.1) is 0 Å². The molecule has 27 heavy (non-hydrogen) atoms. The number of hydrogen-bond donors (Lipinski definition) is 1. The van der Waals surface area contributed by atoms with E-state index in [1.165, 1.54) is 12.3 Å². The van der Waals surface area contributed by atoms with Crippen LogP contribution in [0.2, 0.25) is 0 Å². The lowest BCUT2D eigenvalue weighted by atomic mass is 10.1. The van der Waals surface area contributed by atoms with Gasteiger partial charge in [0.2, 0.25) is 0 Å². The van der Waals surface area contributed by atoms with Crippen molar-refractivity contribution in [3.8, 4) is 5.75 Å². The van der Waals surface area contributed by atoms with Crippen molar-refractivity contribution in [1.82, 2.24) is 9.88 Å². The molecular weight excluding hydrogens is 358 g/mol. The topological polar surface area (TPSA) is 78.0 Å². The molecule has 4 heterocycles. The van der Waals surface area contributed by atoms with E-state index in [4.69, 9.17) is 4.74 Å². The Morgan fingerprint density at radius 1 is 1.30 bits per heavy atom. The third-order valence-electron chi connectivity index (χ3n) is 4.97. The largest absolute Gasteiger partial charge is 0.469 e. The van der Waals surface area contributed by atoms with Crippen LogP contribution >= 0.6 is 0 Å². The number of amides is 2. The number of alkyl halides is 2. The molecule has 5 rings (SSSR count). The number of benzene rings is 1. The van der Waals surface area contributed by atoms with Crippen molar-refractivity contribution in [2.75, 3.05) is 24.7 Å². The summed E-state index contributed by atoms with van der Waals surface area (Å²) in [6.45, 7) is -0.308. The van der Waals surface area contributed by atoms with Crippen LogP contribution in [0.1, 0.15) is 32.8 Å². The fourth-order valence-corrected chi connectivity index (χ4v) is 3.55. The molecular formula is C18H14F2N4O3. The molecule has 0 spiro atoms. The van der Waals surface area contributed by atoms with Gasteiger partial charge in [-0.2, -0.15) is 0 Å². The normalized spacial score (nSPS) is 19.4. The minimum absolute atomic E-state index is 0.0261. The van der Waals surface area contributed by atoms with Crippen LogP contribution in [0, 0.1) is 0 Å². The predicted octanol–water partition coefficient (Wildman–Crippen LogP) is 2.56. The number of aromatic nitrogens is 1. The van der Waals surface area contributed by atoms with Gasteiger partial charge in [-0.25, -0.2) is 13.8 Å². The molecule has 2 amide bonds. The van der Waals surface area contributed by atoms with Gasteiger partial charge in [-0.1, -0.05) is 0 Å². The van der Waals surface area contributed by atoms with Crippen LogP contribution < -0.4 is 9.64 Å². The molecule has 1 aromatic heterocycles. The number of nitrogens with one attached hydrogen (secondary N) is 1. The van der Waals surface area contributed by atoms with Gasteiger partial charge in [-0.05, 0) is 18.2 Å². The molecule has 1 fully saturated rings. The van der Waals surface area contributed by atoms with E-state index in [1.807, 2.05) is 11.0 Å². The number of H-pyrrole nitrogens is 1. The molecule has 0 bridgehead atoms. The van der Waals surface area contributed by atoms with Crippen molar-refractivity contribution >= 4 is 29.5 Å². The quantitative estimate of drug-likeness (QED) is 0.879. The van der Waals surface area contributed by atoms with Crippen molar-refractivity contribution in [1.29, 1.82) is 0 Å². The van der Waals surface area contributed by atoms with E-state index in [1.54, 1.807) is 12.1 Å². The fourth-order valence-electron chi connectivity index (χ4n) is 3.55. The molecule has 1 N–H and O–H groups in total. The van der Waals surface area contributed by atoms with E-state index in [9.17, 15) is 18.4 Å². The first kappa shape index (κ1) is 16.0. The summed E-state index contributed by atoms with van der Waals surface area (Å²) in [5.41, 5.74) is 2.23. The maximum absolute atomic E-state index is 13.4. The monoisotopic (exact) mass is 372 g/mol. The van der Waals surface area contributed by atoms with Gasteiger partial charge in [0.1, 0.15) is 5.69 Å². The first-order chi connectivity index (χ1) is 12.9. The first-order valence-corrected chi connectivity index (χ1v) is 8.44. The summed E-state index contributed by atoms with van der Waals surface area (Å²) in [6, 6.07) is 6.81. The number of anilines is 2. The highest BCUT2D eigenvalue weighted by molar-refractivity contribution is 6.13. The van der Waals surface area contributed by atoms with Crippen molar-refractivity contribution in [3.05, 3.63) is 41.1 Å². The molecule has 2 aromatic rings. The molecule has 3 aliphatic heterocycles. The number of hydrogen-bond acceptors (Lipinski definition) is 4. The van der Waals surface area contributed by atoms with E-state index in [0.717, 1.165) is 10.6 Å². The molecule has 7 nitrogen and oxygen atoms in total. The molecule has 1 saturated heterocycles. The summed E-state index contributed by atoms with van der Waals surface area (Å²) in [5.74, 6) is -2.53. The molecule has 0 aliphatic carbocycles. The van der Waals surface area contributed by atoms with Crippen LogP contribution in [0.5, 0.6) is 5.75 Å². The summed E-state index contributed by atoms with van der Waals surface area (Å²) >= 11 is 0. The fraction of sp³-hybridized carbons (Fsp3) is 0.278. The molecule has 0 unspecified atom stereocenters. The minimum atomic E-state index is -2.84. The Morgan fingerprint density at radius 3 is 2.93 bits per heavy atom. The van der Waals surface area contributed by atoms with Crippen LogP contribution in [0.4, 0.5) is 20.3 Å². The lowest BCUT2D eigenvalue weighted by Crippen LogP contribution is -2.31. The van der Waals surface area contributed by atoms with E-state index in [2.05, 4.69) is 9.98 Å². The predicted molar refractivity (Wildman–Crippen MR) is 92.3 cm³/mol. The van der Waals surface area contributed by atoms with Gasteiger partial charge >= 0.3 is 0 Å². The average Bonchev–Trinajstić information content (AvgIpc) is 3.37. The van der Waals surface area contributed by atoms with Crippen molar-refractivity contribution < 1.29 is 23.1 Å². The third-order valence-corrected chi connectivity index (χ3v) is 4.97. The van der Waals surface area contributed by atoms with E-state index < -0.39 is 18.4 Å². The zero-order chi connectivity index (χ0) is 18.8. The number of rotatable bonds is 2. The lowest BCUT2D eigenvalue weighted by molar-refractivity contribution is 0.0119. The Kier molecular flexibility index (Phi) is 3.19. The van der Waals surface area contributed by atoms with E-state index in [0.29, 0.717) is 22.7 Å². The second-order valence-electron chi connectivity index (χ2n) is 6.76. The van der Waals surface area contributed by atoms with Gasteiger partial charge < -0.3 is 14.6 Å². The third kappa shape index (κ3) is 2.49. The van der Waals surface area contributed by atoms with Crippen LogP contribution in [0.3, 0.4) is 0 Å². The Balaban J connectivity index is 1.42. The standard InChI is InChI=1S/C18H14F2N4O3/c19-18(20)3-4-23(8-18)17(26)13-6-14-15(22-13)24(9-27-14)11-1-2-12-10(5-11)7-21-16(12)25/h1-2,5-7,22H,3-4,8-9H2. The first-order valence-electron chi connectivity index (χ1n) is 8.44. The van der Waals surface area contributed by atoms with E-state index >= 15 is 0 Å². The number of nitrogens with zero attached hydrogens (tertiary/aromatic N) is 3. The van der Waals surface area contributed by atoms with Crippen molar-refractivity contribution in [3.63, 3.8) is 0 Å². The molecule has 0 saturated carbocycles. The number of likely N-dealkylation sites (tertiary alicyclic amines) is 1. The highest BCUT2D eigenvalue weighted by Gasteiger charge is 2.41. The van der Waals surface area contributed by atoms with Gasteiger partial charge in [-0.3, -0.25) is 14.5 Å². The highest BCUT2D eigenvalue weighted by Crippen LogP contribution is 2.40. The van der Waals surface area contributed by atoms with Crippen molar-refractivity contribution in [2.24, 2.45) is 4.99 Å².